The third-order valence-electron chi connectivity index (χ3n) is 0.960. The van der Waals surface area contributed by atoms with Crippen LogP contribution in [0.25, 0.3) is 0 Å². The normalized spacial score (nSPS) is 10.1. The second-order valence-corrected chi connectivity index (χ2v) is 5.42. The van der Waals surface area contributed by atoms with Crippen LogP contribution in [0.4, 0.5) is 0 Å². The minimum atomic E-state index is -0.250. The third-order valence-corrected chi connectivity index (χ3v) is 5.38. The number of hydrogen-bond donors (Lipinski definition) is 1. The number of rotatable bonds is 2. The standard InChI is InChI=1S/C4H9.CH2O2.BrH.Mg/c1-3-4-2;2-1-3;;/h3H,4H2,1-2H3;1H,(H,2,3);1H;/q;;;+1/p-1. The lowest BCUT2D eigenvalue weighted by atomic mass is 10.4. The molecule has 0 aliphatic heterocycles. The summed E-state index contributed by atoms with van der Waals surface area (Å²) in [6.07, 6.45) is 1.34. The molecule has 0 bridgehead atoms. The number of hydrogen-bond acceptors (Lipinski definition) is 1. The maximum atomic E-state index is 8.36. The van der Waals surface area contributed by atoms with Crippen molar-refractivity contribution in [2.45, 2.75) is 24.3 Å². The Morgan fingerprint density at radius 1 is 1.89 bits per heavy atom. The van der Waals surface area contributed by atoms with Crippen molar-refractivity contribution in [2.75, 3.05) is 0 Å². The van der Waals surface area contributed by atoms with Crippen molar-refractivity contribution in [3.05, 3.63) is 0 Å². The lowest BCUT2D eigenvalue weighted by Crippen LogP contribution is -1.86. The molecule has 0 aromatic rings. The molecule has 0 aliphatic carbocycles. The van der Waals surface area contributed by atoms with Gasteiger partial charge < -0.3 is 18.0 Å². The van der Waals surface area contributed by atoms with Crippen molar-refractivity contribution in [3.63, 3.8) is 0 Å². The summed E-state index contributed by atoms with van der Waals surface area (Å²) >= 11 is 3.66. The molecule has 0 fully saturated rings. The third kappa shape index (κ3) is 17.7. The van der Waals surface area contributed by atoms with Crippen LogP contribution in [0.5, 0.6) is 0 Å². The molecule has 4 heteroatoms. The molecule has 2 nitrogen and oxygen atoms in total. The van der Waals surface area contributed by atoms with Gasteiger partial charge in [0, 0.05) is 0 Å². The molecule has 1 unspecified atom stereocenters. The van der Waals surface area contributed by atoms with E-state index in [0.29, 0.717) is 0 Å². The highest BCUT2D eigenvalue weighted by molar-refractivity contribution is 9.23. The largest absolute Gasteiger partial charge is 0.483 e. The molecule has 0 aromatic carbocycles. The Morgan fingerprint density at radius 3 is 2.22 bits per heavy atom. The van der Waals surface area contributed by atoms with E-state index in [0.717, 1.165) is 4.05 Å². The van der Waals surface area contributed by atoms with Crippen molar-refractivity contribution >= 4 is 37.5 Å². The average molecular weight is 207 g/mol. The van der Waals surface area contributed by atoms with E-state index in [2.05, 4.69) is 26.7 Å². The average Bonchev–Trinajstić information content (AvgIpc) is 1.88. The van der Waals surface area contributed by atoms with Gasteiger partial charge in [0.15, 0.2) is 0 Å². The van der Waals surface area contributed by atoms with Gasteiger partial charge in [0.2, 0.25) is 0 Å². The zero-order chi connectivity index (χ0) is 7.70. The Bertz CT molecular complexity index is 56.9. The predicted octanol–water partition coefficient (Wildman–Crippen LogP) is 1.92. The molecule has 1 atom stereocenters. The van der Waals surface area contributed by atoms with Gasteiger partial charge in [-0.3, -0.25) is 4.79 Å². The van der Waals surface area contributed by atoms with Crippen LogP contribution >= 0.6 is 12.9 Å². The maximum Gasteiger partial charge on any atom is 0.471 e. The van der Waals surface area contributed by atoms with Gasteiger partial charge in [0.1, 0.15) is 0 Å². The molecule has 0 spiro atoms. The number of carbonyl (C=O) groups is 1. The van der Waals surface area contributed by atoms with Crippen LogP contribution in [0.1, 0.15) is 20.3 Å². The summed E-state index contributed by atoms with van der Waals surface area (Å²) in [6.45, 7) is 4.28. The monoisotopic (exact) mass is 206 g/mol. The van der Waals surface area contributed by atoms with Gasteiger partial charge in [-0.15, -0.1) is 4.05 Å². The lowest BCUT2D eigenvalue weighted by Gasteiger charge is -1.95. The minimum Gasteiger partial charge on any atom is -0.483 e. The molecule has 0 saturated heterocycles. The number of carboxylic acid groups (broad SMARTS) is 1. The van der Waals surface area contributed by atoms with Crippen molar-refractivity contribution < 1.29 is 9.90 Å². The van der Waals surface area contributed by atoms with Crippen LogP contribution in [0, 0.1) is 0 Å². The highest BCUT2D eigenvalue weighted by Crippen LogP contribution is 2.07. The molecule has 1 N–H and O–H groups in total. The second kappa shape index (κ2) is 11.5. The first-order chi connectivity index (χ1) is 4.22. The lowest BCUT2D eigenvalue weighted by molar-refractivity contribution is -0.122. The SMILES string of the molecule is CC[CH](C)[Mg][Br].O=CO. The van der Waals surface area contributed by atoms with Crippen LogP contribution in [-0.4, -0.2) is 29.8 Å². The smallest absolute Gasteiger partial charge is 0.471 e. The second-order valence-electron chi connectivity index (χ2n) is 1.77. The summed E-state index contributed by atoms with van der Waals surface area (Å²) in [7, 11) is 0. The van der Waals surface area contributed by atoms with Gasteiger partial charge in [-0.05, 0) is 0 Å². The number of halogens is 1. The quantitative estimate of drug-likeness (QED) is 0.555. The summed E-state index contributed by atoms with van der Waals surface area (Å²) < 4.78 is 0.991. The molecule has 0 amide bonds. The molecule has 0 saturated carbocycles. The predicted molar refractivity (Wildman–Crippen MR) is 43.1 cm³/mol. The maximum absolute atomic E-state index is 8.36. The van der Waals surface area contributed by atoms with Gasteiger partial charge >= 0.3 is 18.2 Å². The summed E-state index contributed by atoms with van der Waals surface area (Å²) in [4.78, 5) is 8.36. The molecule has 0 radical (unpaired) electrons. The Labute approximate surface area is 71.6 Å². The molecule has 52 valence electrons. The zero-order valence-corrected chi connectivity index (χ0v) is 8.80. The van der Waals surface area contributed by atoms with E-state index in [1.807, 2.05) is 0 Å². The van der Waals surface area contributed by atoms with Gasteiger partial charge in [0.25, 0.3) is 6.47 Å². The first kappa shape index (κ1) is 12.4. The van der Waals surface area contributed by atoms with Crippen LogP contribution in [0.2, 0.25) is 4.05 Å². The van der Waals surface area contributed by atoms with Crippen molar-refractivity contribution in [2.24, 2.45) is 0 Å². The molecular formula is C5H11BrMgO2. The van der Waals surface area contributed by atoms with Gasteiger partial charge in [-0.1, -0.05) is 20.3 Å². The van der Waals surface area contributed by atoms with Gasteiger partial charge in [-0.25, -0.2) is 0 Å². The molecule has 0 aromatic heterocycles. The Morgan fingerprint density at radius 2 is 2.22 bits per heavy atom. The minimum absolute atomic E-state index is 0.151. The molecule has 0 heterocycles. The molecular weight excluding hydrogens is 196 g/mol. The fourth-order valence-corrected chi connectivity index (χ4v) is 1.70. The Balaban J connectivity index is 0. The fraction of sp³-hybridized carbons (Fsp3) is 0.800. The van der Waals surface area contributed by atoms with Crippen LogP contribution in [0.3, 0.4) is 0 Å². The van der Waals surface area contributed by atoms with Crippen molar-refractivity contribution in [1.29, 1.82) is 0 Å². The zero-order valence-electron chi connectivity index (χ0n) is 5.80. The van der Waals surface area contributed by atoms with Crippen LogP contribution in [-0.2, 0) is 4.79 Å². The highest BCUT2D eigenvalue weighted by atomic mass is 79.9. The van der Waals surface area contributed by atoms with E-state index in [9.17, 15) is 0 Å². The van der Waals surface area contributed by atoms with Crippen LogP contribution in [0.15, 0.2) is 0 Å². The first-order valence-corrected chi connectivity index (χ1v) is 7.58. The van der Waals surface area contributed by atoms with E-state index in [-0.39, 0.29) is 24.7 Å². The first-order valence-electron chi connectivity index (χ1n) is 2.86. The van der Waals surface area contributed by atoms with E-state index in [4.69, 9.17) is 9.90 Å². The van der Waals surface area contributed by atoms with E-state index >= 15 is 0 Å². The summed E-state index contributed by atoms with van der Waals surface area (Å²) in [5, 5.41) is 6.89. The summed E-state index contributed by atoms with van der Waals surface area (Å²) in [5.74, 6) is 0. The van der Waals surface area contributed by atoms with Crippen molar-refractivity contribution in [3.8, 4) is 0 Å². The summed E-state index contributed by atoms with van der Waals surface area (Å²) in [6, 6.07) is 0. The van der Waals surface area contributed by atoms with E-state index in [1.54, 1.807) is 0 Å². The van der Waals surface area contributed by atoms with Gasteiger partial charge in [-0.2, -0.15) is 0 Å². The molecule has 0 aliphatic rings. The van der Waals surface area contributed by atoms with Crippen molar-refractivity contribution in [1.82, 2.24) is 0 Å². The Hall–Kier alpha value is 0.716. The highest BCUT2D eigenvalue weighted by Gasteiger charge is 1.97. The molecule has 0 rings (SSSR count). The van der Waals surface area contributed by atoms with E-state index < -0.39 is 0 Å². The topological polar surface area (TPSA) is 37.3 Å². The molecule has 9 heavy (non-hydrogen) atoms. The van der Waals surface area contributed by atoms with Crippen LogP contribution < -0.4 is 0 Å². The summed E-state index contributed by atoms with van der Waals surface area (Å²) in [5.41, 5.74) is 0. The fourth-order valence-electron chi connectivity index (χ4n) is 0.109. The Kier molecular flexibility index (Phi) is 15.8. The van der Waals surface area contributed by atoms with Gasteiger partial charge in [0.05, 0.1) is 0 Å². The van der Waals surface area contributed by atoms with E-state index in [1.165, 1.54) is 6.42 Å².